The second kappa shape index (κ2) is 6.45. The smallest absolute Gasteiger partial charge is 0.0724 e. The first kappa shape index (κ1) is 12.0. The molecular formula is C11H21N3O. The maximum atomic E-state index is 5.30. The van der Waals surface area contributed by atoms with Crippen molar-refractivity contribution in [1.82, 2.24) is 9.78 Å². The van der Waals surface area contributed by atoms with Crippen LogP contribution in [0.5, 0.6) is 0 Å². The molecule has 0 aromatic carbocycles. The van der Waals surface area contributed by atoms with Crippen molar-refractivity contribution in [2.75, 3.05) is 25.6 Å². The summed E-state index contributed by atoms with van der Waals surface area (Å²) in [5.41, 5.74) is 1.08. The zero-order chi connectivity index (χ0) is 11.1. The molecule has 0 saturated carbocycles. The van der Waals surface area contributed by atoms with Gasteiger partial charge < -0.3 is 10.1 Å². The summed E-state index contributed by atoms with van der Waals surface area (Å²) in [5, 5.41) is 7.38. The second-order valence-electron chi connectivity index (χ2n) is 3.30. The Balaban J connectivity index is 0.000000531. The molecule has 1 aromatic heterocycles. The van der Waals surface area contributed by atoms with Crippen molar-refractivity contribution in [3.63, 3.8) is 0 Å². The van der Waals surface area contributed by atoms with Crippen molar-refractivity contribution >= 4 is 5.69 Å². The molecule has 15 heavy (non-hydrogen) atoms. The second-order valence-corrected chi connectivity index (χ2v) is 3.30. The predicted octanol–water partition coefficient (Wildman–Crippen LogP) is 2.30. The van der Waals surface area contributed by atoms with Crippen LogP contribution < -0.4 is 5.32 Å². The summed E-state index contributed by atoms with van der Waals surface area (Å²) in [7, 11) is 1.91. The van der Waals surface area contributed by atoms with E-state index < -0.39 is 0 Å². The summed E-state index contributed by atoms with van der Waals surface area (Å²) in [6.45, 7) is 5.72. The molecule has 86 valence electrons. The summed E-state index contributed by atoms with van der Waals surface area (Å²) in [6.07, 6.45) is 6.06. The summed E-state index contributed by atoms with van der Waals surface area (Å²) in [5.74, 6) is 0. The third-order valence-corrected chi connectivity index (χ3v) is 2.46. The molecule has 0 aliphatic carbocycles. The van der Waals surface area contributed by atoms with Gasteiger partial charge in [0.25, 0.3) is 0 Å². The number of ether oxygens (including phenoxy) is 1. The van der Waals surface area contributed by atoms with Crippen molar-refractivity contribution in [2.45, 2.75) is 32.7 Å². The van der Waals surface area contributed by atoms with Gasteiger partial charge in [-0.05, 0) is 12.8 Å². The van der Waals surface area contributed by atoms with Gasteiger partial charge >= 0.3 is 0 Å². The minimum Gasteiger partial charge on any atom is -0.386 e. The molecular weight excluding hydrogens is 190 g/mol. The molecule has 1 aliphatic rings. The number of nitrogens with zero attached hydrogens (tertiary/aromatic N) is 2. The van der Waals surface area contributed by atoms with E-state index in [9.17, 15) is 0 Å². The molecule has 1 N–H and O–H groups in total. The van der Waals surface area contributed by atoms with Crippen LogP contribution >= 0.6 is 0 Å². The van der Waals surface area contributed by atoms with E-state index in [0.29, 0.717) is 6.04 Å². The van der Waals surface area contributed by atoms with E-state index in [-0.39, 0.29) is 0 Å². The minimum absolute atomic E-state index is 0.524. The Morgan fingerprint density at radius 3 is 2.60 bits per heavy atom. The highest BCUT2D eigenvalue weighted by Gasteiger charge is 2.15. The van der Waals surface area contributed by atoms with Crippen LogP contribution in [0.15, 0.2) is 12.4 Å². The summed E-state index contributed by atoms with van der Waals surface area (Å²) in [6, 6.07) is 0.524. The summed E-state index contributed by atoms with van der Waals surface area (Å²) in [4.78, 5) is 0. The highest BCUT2D eigenvalue weighted by Crippen LogP contribution is 2.20. The van der Waals surface area contributed by atoms with Gasteiger partial charge in [0.05, 0.1) is 17.9 Å². The third-order valence-electron chi connectivity index (χ3n) is 2.46. The first-order valence-corrected chi connectivity index (χ1v) is 5.70. The van der Waals surface area contributed by atoms with Gasteiger partial charge in [0.15, 0.2) is 0 Å². The molecule has 0 bridgehead atoms. The number of rotatable bonds is 2. The van der Waals surface area contributed by atoms with Gasteiger partial charge in [-0.1, -0.05) is 13.8 Å². The number of anilines is 1. The lowest BCUT2D eigenvalue weighted by Gasteiger charge is -2.22. The molecule has 0 radical (unpaired) electrons. The molecule has 2 heterocycles. The molecule has 1 saturated heterocycles. The molecule has 4 nitrogen and oxygen atoms in total. The van der Waals surface area contributed by atoms with E-state index in [2.05, 4.69) is 16.6 Å². The van der Waals surface area contributed by atoms with Crippen molar-refractivity contribution in [3.05, 3.63) is 12.4 Å². The Labute approximate surface area is 91.6 Å². The van der Waals surface area contributed by atoms with Gasteiger partial charge in [-0.2, -0.15) is 5.10 Å². The maximum absolute atomic E-state index is 5.30. The lowest BCUT2D eigenvalue weighted by Crippen LogP contribution is -2.19. The van der Waals surface area contributed by atoms with E-state index >= 15 is 0 Å². The Kier molecular flexibility index (Phi) is 5.18. The number of hydrogen-bond donors (Lipinski definition) is 1. The Morgan fingerprint density at radius 2 is 2.07 bits per heavy atom. The van der Waals surface area contributed by atoms with Crippen molar-refractivity contribution in [1.29, 1.82) is 0 Å². The van der Waals surface area contributed by atoms with E-state index in [1.165, 1.54) is 0 Å². The topological polar surface area (TPSA) is 39.1 Å². The Hall–Kier alpha value is -1.03. The molecule has 2 rings (SSSR count). The Morgan fingerprint density at radius 1 is 1.40 bits per heavy atom. The fourth-order valence-corrected chi connectivity index (χ4v) is 1.62. The molecule has 0 unspecified atom stereocenters. The van der Waals surface area contributed by atoms with E-state index in [1.54, 1.807) is 0 Å². The third kappa shape index (κ3) is 3.23. The molecule has 4 heteroatoms. The van der Waals surface area contributed by atoms with E-state index in [4.69, 9.17) is 4.74 Å². The zero-order valence-electron chi connectivity index (χ0n) is 9.86. The standard InChI is InChI=1S/C9H15N3O.C2H6/c1-10-8-6-11-12(7-8)9-2-4-13-5-3-9;1-2/h6-7,9-10H,2-5H2,1H3;1-2H3. The predicted molar refractivity (Wildman–Crippen MR) is 62.2 cm³/mol. The average Bonchev–Trinajstić information content (AvgIpc) is 2.81. The van der Waals surface area contributed by atoms with Gasteiger partial charge in [-0.15, -0.1) is 0 Å². The molecule has 0 spiro atoms. The zero-order valence-corrected chi connectivity index (χ0v) is 9.86. The highest BCUT2D eigenvalue weighted by molar-refractivity contribution is 5.36. The first-order chi connectivity index (χ1) is 7.40. The van der Waals surface area contributed by atoms with Crippen LogP contribution in [0.4, 0.5) is 5.69 Å². The van der Waals surface area contributed by atoms with Crippen LogP contribution in [0.25, 0.3) is 0 Å². The molecule has 1 fully saturated rings. The number of aromatic nitrogens is 2. The average molecular weight is 211 g/mol. The molecule has 1 aliphatic heterocycles. The van der Waals surface area contributed by atoms with E-state index in [1.807, 2.05) is 31.8 Å². The normalized spacial score (nSPS) is 16.7. The van der Waals surface area contributed by atoms with Crippen LogP contribution in [0.2, 0.25) is 0 Å². The fraction of sp³-hybridized carbons (Fsp3) is 0.727. The lowest BCUT2D eigenvalue weighted by molar-refractivity contribution is 0.0662. The van der Waals surface area contributed by atoms with Gasteiger partial charge in [0, 0.05) is 26.5 Å². The summed E-state index contributed by atoms with van der Waals surface area (Å²) >= 11 is 0. The van der Waals surface area contributed by atoms with Crippen molar-refractivity contribution < 1.29 is 4.74 Å². The van der Waals surface area contributed by atoms with Crippen LogP contribution in [0.1, 0.15) is 32.7 Å². The van der Waals surface area contributed by atoms with Gasteiger partial charge in [-0.25, -0.2) is 0 Å². The van der Waals surface area contributed by atoms with E-state index in [0.717, 1.165) is 31.7 Å². The van der Waals surface area contributed by atoms with Crippen LogP contribution in [0.3, 0.4) is 0 Å². The first-order valence-electron chi connectivity index (χ1n) is 5.70. The van der Waals surface area contributed by atoms with Gasteiger partial charge in [0.2, 0.25) is 0 Å². The number of hydrogen-bond acceptors (Lipinski definition) is 3. The SMILES string of the molecule is CC.CNc1cnn(C2CCOCC2)c1. The van der Waals surface area contributed by atoms with Gasteiger partial charge in [0.1, 0.15) is 0 Å². The van der Waals surface area contributed by atoms with Crippen LogP contribution in [-0.4, -0.2) is 30.0 Å². The largest absolute Gasteiger partial charge is 0.386 e. The quantitative estimate of drug-likeness (QED) is 0.816. The number of nitrogens with one attached hydrogen (secondary N) is 1. The minimum atomic E-state index is 0.524. The van der Waals surface area contributed by atoms with Crippen LogP contribution in [-0.2, 0) is 4.74 Å². The molecule has 1 aromatic rings. The van der Waals surface area contributed by atoms with Crippen LogP contribution in [0, 0.1) is 0 Å². The fourth-order valence-electron chi connectivity index (χ4n) is 1.62. The lowest BCUT2D eigenvalue weighted by atomic mass is 10.1. The Bertz CT molecular complexity index is 267. The van der Waals surface area contributed by atoms with Crippen molar-refractivity contribution in [2.24, 2.45) is 0 Å². The molecule has 0 amide bonds. The monoisotopic (exact) mass is 211 g/mol. The highest BCUT2D eigenvalue weighted by atomic mass is 16.5. The maximum Gasteiger partial charge on any atom is 0.0724 e. The van der Waals surface area contributed by atoms with Gasteiger partial charge in [-0.3, -0.25) is 4.68 Å². The van der Waals surface area contributed by atoms with Crippen molar-refractivity contribution in [3.8, 4) is 0 Å². The molecule has 0 atom stereocenters. The summed E-state index contributed by atoms with van der Waals surface area (Å²) < 4.78 is 7.33.